The van der Waals surface area contributed by atoms with Crippen LogP contribution in [-0.4, -0.2) is 25.3 Å². The van der Waals surface area contributed by atoms with Gasteiger partial charge in [-0.1, -0.05) is 0 Å². The number of ether oxygens (including phenoxy) is 2. The van der Waals surface area contributed by atoms with Crippen molar-refractivity contribution in [1.82, 2.24) is 0 Å². The Morgan fingerprint density at radius 1 is 0.545 bits per heavy atom. The average Bonchev–Trinajstić information content (AvgIpc) is 2.90. The molecule has 0 N–H and O–H groups in total. The number of hydrogen-bond donors (Lipinski definition) is 0. The normalized spacial score (nSPS) is 13.0. The number of alkyl halides is 12. The van der Waals surface area contributed by atoms with Crippen LogP contribution < -0.4 is 0 Å². The van der Waals surface area contributed by atoms with Gasteiger partial charge >= 0.3 is 24.7 Å². The number of benzene rings is 3. The van der Waals surface area contributed by atoms with E-state index in [1.165, 1.54) is 0 Å². The highest BCUT2D eigenvalue weighted by molar-refractivity contribution is 5.98. The van der Waals surface area contributed by atoms with Gasteiger partial charge in [-0.25, -0.2) is 4.39 Å². The molecule has 240 valence electrons. The third-order valence-corrected chi connectivity index (χ3v) is 5.96. The summed E-state index contributed by atoms with van der Waals surface area (Å²) in [4.78, 5) is 12.9. The molecule has 3 rings (SSSR count). The predicted octanol–water partition coefficient (Wildman–Crippen LogP) is 8.93. The Morgan fingerprint density at radius 2 is 0.864 bits per heavy atom. The molecule has 0 unspecified atom stereocenters. The maximum Gasteiger partial charge on any atom is 0.416 e. The van der Waals surface area contributed by atoms with Crippen molar-refractivity contribution in [3.8, 4) is 0 Å². The van der Waals surface area contributed by atoms with Gasteiger partial charge in [-0.15, -0.1) is 0 Å². The number of carbonyl (C=O) groups is 1. The van der Waals surface area contributed by atoms with Crippen LogP contribution in [0.25, 0.3) is 0 Å². The van der Waals surface area contributed by atoms with E-state index in [1.54, 1.807) is 0 Å². The molecule has 44 heavy (non-hydrogen) atoms. The molecule has 0 radical (unpaired) electrons. The lowest BCUT2D eigenvalue weighted by atomic mass is 10.0. The van der Waals surface area contributed by atoms with Crippen LogP contribution in [0.15, 0.2) is 60.7 Å². The van der Waals surface area contributed by atoms with Gasteiger partial charge in [-0.05, 0) is 84.6 Å². The number of Topliss-reactive ketones (excluding diaryl/α,β-unsaturated/α-hetero) is 1. The zero-order valence-electron chi connectivity index (χ0n) is 21.8. The Kier molecular flexibility index (Phi) is 10.4. The second kappa shape index (κ2) is 13.1. The second-order valence-corrected chi connectivity index (χ2v) is 9.27. The van der Waals surface area contributed by atoms with Crippen molar-refractivity contribution in [3.63, 3.8) is 0 Å². The number of carbonyl (C=O) groups excluding carboxylic acids is 1. The Bertz CT molecular complexity index is 1290. The molecule has 0 aromatic heterocycles. The molecule has 0 atom stereocenters. The zero-order chi connectivity index (χ0) is 33.1. The van der Waals surface area contributed by atoms with Crippen molar-refractivity contribution in [2.45, 2.75) is 43.8 Å². The second-order valence-electron chi connectivity index (χ2n) is 9.27. The van der Waals surface area contributed by atoms with Crippen LogP contribution in [-0.2, 0) is 47.0 Å². The fourth-order valence-electron chi connectivity index (χ4n) is 3.84. The first-order chi connectivity index (χ1) is 20.1. The standard InChI is InChI=1S/C28H19F13O3/c29-22-3-1-17(2-4-22)23(42)24(43-7-5-15-9-18(25(30,31)32)13-19(10-15)26(33,34)35)44-8-6-16-11-20(27(36,37)38)14-21(12-16)28(39,40)41/h1-4,9-14,24H,5-8H2. The molecular formula is C28H19F13O3. The van der Waals surface area contributed by atoms with E-state index >= 15 is 0 Å². The van der Waals surface area contributed by atoms with Crippen LogP contribution in [0, 0.1) is 5.82 Å². The third-order valence-electron chi connectivity index (χ3n) is 5.96. The molecule has 0 aliphatic rings. The Morgan fingerprint density at radius 3 is 1.16 bits per heavy atom. The molecule has 0 fully saturated rings. The van der Waals surface area contributed by atoms with Gasteiger partial charge in [-0.3, -0.25) is 4.79 Å². The van der Waals surface area contributed by atoms with Gasteiger partial charge in [0.15, 0.2) is 0 Å². The molecule has 3 aromatic rings. The summed E-state index contributed by atoms with van der Waals surface area (Å²) in [6, 6.07) is 5.26. The number of halogens is 13. The maximum atomic E-state index is 13.3. The minimum absolute atomic E-state index is 0.0910. The Balaban J connectivity index is 1.81. The summed E-state index contributed by atoms with van der Waals surface area (Å²) >= 11 is 0. The van der Waals surface area contributed by atoms with Gasteiger partial charge in [0.05, 0.1) is 35.5 Å². The minimum atomic E-state index is -5.13. The highest BCUT2D eigenvalue weighted by Crippen LogP contribution is 2.38. The molecule has 3 nitrogen and oxygen atoms in total. The van der Waals surface area contributed by atoms with E-state index in [1.807, 2.05) is 0 Å². The molecule has 0 bridgehead atoms. The molecule has 3 aromatic carbocycles. The summed E-state index contributed by atoms with van der Waals surface area (Å²) < 4.78 is 182. The van der Waals surface area contributed by atoms with Gasteiger partial charge in [-0.2, -0.15) is 52.7 Å². The predicted molar refractivity (Wildman–Crippen MR) is 127 cm³/mol. The van der Waals surface area contributed by atoms with Crippen molar-refractivity contribution in [2.24, 2.45) is 0 Å². The molecule has 0 aliphatic heterocycles. The van der Waals surface area contributed by atoms with Gasteiger partial charge in [0.25, 0.3) is 0 Å². The molecule has 0 aliphatic carbocycles. The summed E-state index contributed by atoms with van der Waals surface area (Å²) in [5.41, 5.74) is -7.59. The molecule has 0 spiro atoms. The quantitative estimate of drug-likeness (QED) is 0.125. The first-order valence-corrected chi connectivity index (χ1v) is 12.2. The highest BCUT2D eigenvalue weighted by atomic mass is 19.4. The summed E-state index contributed by atoms with van der Waals surface area (Å²) in [6.07, 6.45) is -23.7. The molecule has 0 saturated heterocycles. The number of hydrogen-bond acceptors (Lipinski definition) is 3. The monoisotopic (exact) mass is 650 g/mol. The SMILES string of the molecule is O=C(c1ccc(F)cc1)C(OCCc1cc(C(F)(F)F)cc(C(F)(F)F)c1)OCCc1cc(C(F)(F)F)cc(C(F)(F)F)c1. The fourth-order valence-corrected chi connectivity index (χ4v) is 3.84. The van der Waals surface area contributed by atoms with Gasteiger partial charge < -0.3 is 9.47 Å². The zero-order valence-corrected chi connectivity index (χ0v) is 21.8. The largest absolute Gasteiger partial charge is 0.416 e. The van der Waals surface area contributed by atoms with Crippen molar-refractivity contribution < 1.29 is 71.3 Å². The molecule has 0 heterocycles. The van der Waals surface area contributed by atoms with Gasteiger partial charge in [0.1, 0.15) is 5.82 Å². The lowest BCUT2D eigenvalue weighted by Gasteiger charge is -2.19. The van der Waals surface area contributed by atoms with E-state index in [4.69, 9.17) is 9.47 Å². The van der Waals surface area contributed by atoms with Crippen LogP contribution in [0.1, 0.15) is 43.7 Å². The van der Waals surface area contributed by atoms with E-state index in [9.17, 15) is 61.9 Å². The van der Waals surface area contributed by atoms with E-state index in [2.05, 4.69) is 0 Å². The Labute approximate surface area is 240 Å². The lowest BCUT2D eigenvalue weighted by molar-refractivity contribution is -0.144. The van der Waals surface area contributed by atoms with Crippen LogP contribution in [0.3, 0.4) is 0 Å². The number of ketones is 1. The van der Waals surface area contributed by atoms with E-state index in [0.29, 0.717) is 24.3 Å². The summed E-state index contributed by atoms with van der Waals surface area (Å²) in [6.45, 7) is -1.42. The molecule has 0 saturated carbocycles. The lowest BCUT2D eigenvalue weighted by Crippen LogP contribution is -2.29. The Hall–Kier alpha value is -3.66. The van der Waals surface area contributed by atoms with Crippen molar-refractivity contribution in [2.75, 3.05) is 13.2 Å². The molecule has 0 amide bonds. The highest BCUT2D eigenvalue weighted by Gasteiger charge is 2.38. The summed E-state index contributed by atoms with van der Waals surface area (Å²) in [5, 5.41) is 0. The average molecular weight is 650 g/mol. The minimum Gasteiger partial charge on any atom is -0.345 e. The smallest absolute Gasteiger partial charge is 0.345 e. The van der Waals surface area contributed by atoms with Crippen molar-refractivity contribution >= 4 is 5.78 Å². The van der Waals surface area contributed by atoms with Gasteiger partial charge in [0.2, 0.25) is 12.1 Å². The topological polar surface area (TPSA) is 35.5 Å². The van der Waals surface area contributed by atoms with Crippen LogP contribution in [0.2, 0.25) is 0 Å². The number of rotatable bonds is 10. The fraction of sp³-hybridized carbons (Fsp3) is 0.321. The van der Waals surface area contributed by atoms with E-state index in [-0.39, 0.29) is 17.7 Å². The summed E-state index contributed by atoms with van der Waals surface area (Å²) in [7, 11) is 0. The van der Waals surface area contributed by atoms with E-state index < -0.39 is 102 Å². The first kappa shape index (κ1) is 34.8. The summed E-state index contributed by atoms with van der Waals surface area (Å²) in [5.74, 6) is -1.78. The van der Waals surface area contributed by atoms with Crippen LogP contribution in [0.4, 0.5) is 57.1 Å². The first-order valence-electron chi connectivity index (χ1n) is 12.2. The maximum absolute atomic E-state index is 13.3. The van der Waals surface area contributed by atoms with Crippen LogP contribution >= 0.6 is 0 Å². The van der Waals surface area contributed by atoms with Crippen molar-refractivity contribution in [3.05, 3.63) is 105 Å². The van der Waals surface area contributed by atoms with Gasteiger partial charge in [0, 0.05) is 5.56 Å². The van der Waals surface area contributed by atoms with Crippen LogP contribution in [0.5, 0.6) is 0 Å². The third kappa shape index (κ3) is 9.67. The van der Waals surface area contributed by atoms with Crippen molar-refractivity contribution in [1.29, 1.82) is 0 Å². The molecule has 16 heteroatoms. The van der Waals surface area contributed by atoms with E-state index in [0.717, 1.165) is 24.3 Å². The molecular weight excluding hydrogens is 631 g/mol.